The highest BCUT2D eigenvalue weighted by Crippen LogP contribution is 2.31. The van der Waals surface area contributed by atoms with E-state index >= 15 is 0 Å². The molecule has 0 fully saturated rings. The van der Waals surface area contributed by atoms with Crippen LogP contribution < -0.4 is 0 Å². The van der Waals surface area contributed by atoms with E-state index in [9.17, 15) is 10.1 Å². The second-order valence-electron chi connectivity index (χ2n) is 5.09. The predicted octanol–water partition coefficient (Wildman–Crippen LogP) is 4.11. The van der Waals surface area contributed by atoms with Crippen molar-refractivity contribution in [3.05, 3.63) is 37.5 Å². The molecule has 0 aliphatic carbocycles. The van der Waals surface area contributed by atoms with Gasteiger partial charge in [0.25, 0.3) is 0 Å². The summed E-state index contributed by atoms with van der Waals surface area (Å²) in [5.74, 6) is 0.0402. The van der Waals surface area contributed by atoms with Crippen molar-refractivity contribution in [1.82, 2.24) is 14.3 Å². The summed E-state index contributed by atoms with van der Waals surface area (Å²) in [6, 6.07) is 1.99. The van der Waals surface area contributed by atoms with Crippen LogP contribution >= 0.6 is 12.2 Å². The second-order valence-corrected chi connectivity index (χ2v) is 5.48. The first-order valence-corrected chi connectivity index (χ1v) is 7.09. The third-order valence-corrected chi connectivity index (χ3v) is 4.23. The van der Waals surface area contributed by atoms with Crippen molar-refractivity contribution in [3.63, 3.8) is 0 Å². The van der Waals surface area contributed by atoms with Crippen LogP contribution in [0.4, 0.5) is 5.82 Å². The molecule has 2 heterocycles. The monoisotopic (exact) mass is 322 g/mol. The molecular weight excluding hydrogens is 300 g/mol. The van der Waals surface area contributed by atoms with Crippen LogP contribution in [0.3, 0.4) is 0 Å². The topological polar surface area (TPSA) is 65.9 Å². The van der Waals surface area contributed by atoms with E-state index in [-0.39, 0.29) is 18.2 Å². The van der Waals surface area contributed by atoms with Gasteiger partial charge in [0.1, 0.15) is 16.9 Å². The van der Waals surface area contributed by atoms with E-state index in [0.717, 1.165) is 16.8 Å². The van der Waals surface area contributed by atoms with Crippen molar-refractivity contribution in [2.45, 2.75) is 41.7 Å². The maximum atomic E-state index is 11.3. The van der Waals surface area contributed by atoms with E-state index in [1.54, 1.807) is 6.92 Å². The predicted molar refractivity (Wildman–Crippen MR) is 90.7 cm³/mol. The molecule has 0 aliphatic heterocycles. The summed E-state index contributed by atoms with van der Waals surface area (Å²) in [7, 11) is 1.87. The number of rotatable bonds is 3. The lowest BCUT2D eigenvalue weighted by atomic mass is 10.1. The Labute approximate surface area is 135 Å². The Morgan fingerprint density at radius 2 is 1.91 bits per heavy atom. The molecule has 120 valence electrons. The second kappa shape index (κ2) is 6.39. The van der Waals surface area contributed by atoms with Crippen molar-refractivity contribution in [1.29, 1.82) is 0 Å². The van der Waals surface area contributed by atoms with Gasteiger partial charge in [-0.05, 0) is 43.7 Å². The number of pyridine rings is 1. The number of nitrogens with zero attached hydrogens (tertiary/aromatic N) is 4. The minimum Gasteiger partial charge on any atom is -0.358 e. The Bertz CT molecular complexity index is 790. The van der Waals surface area contributed by atoms with Gasteiger partial charge in [0, 0.05) is 7.05 Å². The molecule has 2 aromatic rings. The summed E-state index contributed by atoms with van der Waals surface area (Å²) in [4.78, 5) is 10.9. The van der Waals surface area contributed by atoms with Crippen LogP contribution in [0.2, 0.25) is 0 Å². The molecule has 0 aliphatic rings. The summed E-state index contributed by atoms with van der Waals surface area (Å²) in [6.45, 7) is 7.94. The first kappa shape index (κ1) is 18.0. The highest BCUT2D eigenvalue weighted by atomic mass is 32.1. The number of aromatic nitrogens is 3. The van der Waals surface area contributed by atoms with Crippen molar-refractivity contribution >= 4 is 18.0 Å². The molecular formula is C15H22N4O2S. The molecule has 2 aromatic heterocycles. The zero-order valence-electron chi connectivity index (χ0n) is 12.8. The van der Waals surface area contributed by atoms with E-state index in [0.29, 0.717) is 22.4 Å². The molecule has 0 radical (unpaired) electrons. The van der Waals surface area contributed by atoms with Crippen LogP contribution in [0.5, 0.6) is 0 Å². The minimum absolute atomic E-state index is 0. The lowest BCUT2D eigenvalue weighted by molar-refractivity contribution is -0.393. The third-order valence-electron chi connectivity index (χ3n) is 3.64. The highest BCUT2D eigenvalue weighted by Gasteiger charge is 2.26. The highest BCUT2D eigenvalue weighted by molar-refractivity contribution is 7.71. The molecule has 0 aromatic carbocycles. The Morgan fingerprint density at radius 3 is 2.36 bits per heavy atom. The Kier molecular flexibility index (Phi) is 5.24. The fraction of sp³-hybridized carbons (Fsp3) is 0.467. The largest absolute Gasteiger partial charge is 0.358 e. The zero-order chi connectivity index (χ0) is 15.9. The van der Waals surface area contributed by atoms with Crippen molar-refractivity contribution in [2.24, 2.45) is 7.05 Å². The molecule has 0 atom stereocenters. The van der Waals surface area contributed by atoms with Crippen LogP contribution in [-0.2, 0) is 13.6 Å². The van der Waals surface area contributed by atoms with Crippen molar-refractivity contribution in [3.8, 4) is 11.4 Å². The first-order valence-electron chi connectivity index (χ1n) is 6.69. The molecule has 0 saturated heterocycles. The lowest BCUT2D eigenvalue weighted by Gasteiger charge is -2.12. The summed E-state index contributed by atoms with van der Waals surface area (Å²) >= 11 is 5.40. The van der Waals surface area contributed by atoms with E-state index in [1.165, 1.54) is 4.68 Å². The van der Waals surface area contributed by atoms with Gasteiger partial charge in [0.2, 0.25) is 0 Å². The summed E-state index contributed by atoms with van der Waals surface area (Å²) < 4.78 is 4.01. The van der Waals surface area contributed by atoms with E-state index in [2.05, 4.69) is 5.10 Å². The molecule has 0 N–H and O–H groups in total. The van der Waals surface area contributed by atoms with Gasteiger partial charge in [-0.25, -0.2) is 0 Å². The lowest BCUT2D eigenvalue weighted by Crippen LogP contribution is -2.05. The van der Waals surface area contributed by atoms with Crippen LogP contribution in [-0.4, -0.2) is 19.3 Å². The fourth-order valence-corrected chi connectivity index (χ4v) is 2.80. The van der Waals surface area contributed by atoms with Crippen molar-refractivity contribution in [2.75, 3.05) is 0 Å². The van der Waals surface area contributed by atoms with Gasteiger partial charge in [-0.2, -0.15) is 0 Å². The van der Waals surface area contributed by atoms with Gasteiger partial charge in [-0.1, -0.05) is 30.8 Å². The molecule has 0 unspecified atom stereocenters. The normalized spacial score (nSPS) is 10.4. The van der Waals surface area contributed by atoms with Gasteiger partial charge >= 0.3 is 5.82 Å². The van der Waals surface area contributed by atoms with Crippen LogP contribution in [0, 0.1) is 35.5 Å². The van der Waals surface area contributed by atoms with Crippen LogP contribution in [0.25, 0.3) is 11.4 Å². The first-order chi connectivity index (χ1) is 9.79. The van der Waals surface area contributed by atoms with Gasteiger partial charge in [0.05, 0.1) is 11.3 Å². The summed E-state index contributed by atoms with van der Waals surface area (Å²) in [6.07, 6.45) is 0. The molecule has 7 heteroatoms. The average molecular weight is 322 g/mol. The molecule has 2 rings (SSSR count). The maximum Gasteiger partial charge on any atom is 0.348 e. The molecule has 0 amide bonds. The quantitative estimate of drug-likeness (QED) is 0.484. The molecule has 0 bridgehead atoms. The maximum absolute atomic E-state index is 11.3. The van der Waals surface area contributed by atoms with Gasteiger partial charge in [0.15, 0.2) is 0 Å². The van der Waals surface area contributed by atoms with E-state index < -0.39 is 0 Å². The fourth-order valence-electron chi connectivity index (χ4n) is 2.65. The number of hydrogen-bond acceptors (Lipinski definition) is 4. The zero-order valence-corrected chi connectivity index (χ0v) is 13.6. The van der Waals surface area contributed by atoms with Gasteiger partial charge in [-0.15, -0.1) is 4.68 Å². The molecule has 0 saturated carbocycles. The third kappa shape index (κ3) is 2.68. The van der Waals surface area contributed by atoms with E-state index in [1.807, 2.05) is 38.5 Å². The SMILES string of the molecule is C.CCn1nc(-c2c(C)cc(C)c(=S)n2C)c(C)c1[N+](=O)[O-]. The van der Waals surface area contributed by atoms with Gasteiger partial charge in [-0.3, -0.25) is 0 Å². The Hall–Kier alpha value is -2.02. The molecule has 0 spiro atoms. The Balaban J connectivity index is 0.00000242. The number of aryl methyl sites for hydroxylation is 3. The molecule has 22 heavy (non-hydrogen) atoms. The summed E-state index contributed by atoms with van der Waals surface area (Å²) in [5, 5.41) is 15.7. The number of hydrogen-bond donors (Lipinski definition) is 0. The van der Waals surface area contributed by atoms with Gasteiger partial charge < -0.3 is 14.7 Å². The minimum atomic E-state index is -0.381. The van der Waals surface area contributed by atoms with Crippen LogP contribution in [0.1, 0.15) is 31.0 Å². The Morgan fingerprint density at radius 1 is 1.32 bits per heavy atom. The van der Waals surface area contributed by atoms with Crippen LogP contribution in [0.15, 0.2) is 6.07 Å². The average Bonchev–Trinajstić information content (AvgIpc) is 2.73. The summed E-state index contributed by atoms with van der Waals surface area (Å²) in [5.41, 5.74) is 4.03. The number of nitro groups is 1. The van der Waals surface area contributed by atoms with Crippen molar-refractivity contribution < 1.29 is 4.92 Å². The van der Waals surface area contributed by atoms with E-state index in [4.69, 9.17) is 12.2 Å². The standard InChI is InChI=1S/C14H18N4O2S.CH4/c1-6-17-13(18(19)20)10(4)11(15-17)12-8(2)7-9(3)14(21)16(12)5;/h7H,6H2,1-5H3;1H4. The molecule has 6 nitrogen and oxygen atoms in total. The smallest absolute Gasteiger partial charge is 0.348 e.